The molecule has 1 atom stereocenters. The monoisotopic (exact) mass is 289 g/mol. The maximum atomic E-state index is 10.6. The van der Waals surface area contributed by atoms with Crippen LogP contribution in [0.1, 0.15) is 27.6 Å². The van der Waals surface area contributed by atoms with Crippen LogP contribution in [0.2, 0.25) is 0 Å². The molecule has 0 radical (unpaired) electrons. The summed E-state index contributed by atoms with van der Waals surface area (Å²) in [7, 11) is 0. The summed E-state index contributed by atoms with van der Waals surface area (Å²) in [6, 6.07) is 12.7. The molecule has 0 heterocycles. The molecule has 0 aromatic heterocycles. The lowest BCUT2D eigenvalue weighted by Crippen LogP contribution is -2.01. The van der Waals surface area contributed by atoms with Gasteiger partial charge in [-0.3, -0.25) is 10.1 Å². The number of non-ortho nitro benzene ring substituents is 1. The fourth-order valence-corrected chi connectivity index (χ4v) is 2.91. The van der Waals surface area contributed by atoms with E-state index < -0.39 is 4.92 Å². The fourth-order valence-electron chi connectivity index (χ4n) is 2.38. The molecular weight excluding hydrogens is 274 g/mol. The van der Waals surface area contributed by atoms with Crippen molar-refractivity contribution in [3.63, 3.8) is 0 Å². The van der Waals surface area contributed by atoms with Gasteiger partial charge >= 0.3 is 0 Å². The topological polar surface area (TPSA) is 43.1 Å². The van der Waals surface area contributed by atoms with Gasteiger partial charge in [0.1, 0.15) is 0 Å². The van der Waals surface area contributed by atoms with Gasteiger partial charge in [0.25, 0.3) is 5.69 Å². The van der Waals surface area contributed by atoms with Gasteiger partial charge in [-0.05, 0) is 42.5 Å². The van der Waals surface area contributed by atoms with Gasteiger partial charge in [0, 0.05) is 12.1 Å². The van der Waals surface area contributed by atoms with E-state index in [1.807, 2.05) is 32.0 Å². The number of rotatable bonds is 4. The first-order valence-electron chi connectivity index (χ1n) is 6.42. The van der Waals surface area contributed by atoms with Gasteiger partial charge in [-0.25, -0.2) is 0 Å². The normalized spacial score (nSPS) is 12.2. The third-order valence-electron chi connectivity index (χ3n) is 3.42. The van der Waals surface area contributed by atoms with Crippen LogP contribution in [0.15, 0.2) is 42.5 Å². The van der Waals surface area contributed by atoms with Crippen LogP contribution in [-0.4, -0.2) is 4.92 Å². The molecule has 0 spiro atoms. The van der Waals surface area contributed by atoms with Crippen LogP contribution in [-0.2, 0) is 6.42 Å². The largest absolute Gasteiger partial charge is 0.269 e. The van der Waals surface area contributed by atoms with Crippen molar-refractivity contribution in [2.45, 2.75) is 25.6 Å². The highest BCUT2D eigenvalue weighted by molar-refractivity contribution is 6.21. The van der Waals surface area contributed by atoms with Crippen molar-refractivity contribution in [2.75, 3.05) is 0 Å². The average molecular weight is 290 g/mol. The Balaban J connectivity index is 2.19. The van der Waals surface area contributed by atoms with E-state index in [1.54, 1.807) is 12.1 Å². The van der Waals surface area contributed by atoms with E-state index >= 15 is 0 Å². The average Bonchev–Trinajstić information content (AvgIpc) is 2.39. The zero-order valence-electron chi connectivity index (χ0n) is 11.5. The third-order valence-corrected chi connectivity index (χ3v) is 3.79. The molecule has 0 saturated heterocycles. The summed E-state index contributed by atoms with van der Waals surface area (Å²) in [5.74, 6) is 0. The van der Waals surface area contributed by atoms with Crippen molar-refractivity contribution in [1.29, 1.82) is 0 Å². The van der Waals surface area contributed by atoms with Gasteiger partial charge < -0.3 is 0 Å². The minimum Gasteiger partial charge on any atom is -0.258 e. The molecule has 0 aliphatic heterocycles. The number of hydrogen-bond donors (Lipinski definition) is 0. The minimum absolute atomic E-state index is 0.104. The van der Waals surface area contributed by atoms with E-state index in [9.17, 15) is 10.1 Å². The molecule has 0 fully saturated rings. The third kappa shape index (κ3) is 3.17. The summed E-state index contributed by atoms with van der Waals surface area (Å²) in [6.45, 7) is 4.10. The molecule has 0 amide bonds. The predicted octanol–water partition coefficient (Wildman–Crippen LogP) is 4.73. The van der Waals surface area contributed by atoms with Gasteiger partial charge in [-0.15, -0.1) is 11.6 Å². The van der Waals surface area contributed by atoms with Crippen molar-refractivity contribution in [2.24, 2.45) is 0 Å². The second-order valence-corrected chi connectivity index (χ2v) is 5.43. The Kier molecular flexibility index (Phi) is 4.40. The zero-order chi connectivity index (χ0) is 14.7. The van der Waals surface area contributed by atoms with Crippen molar-refractivity contribution < 1.29 is 4.92 Å². The van der Waals surface area contributed by atoms with Gasteiger partial charge in [-0.2, -0.15) is 0 Å². The quantitative estimate of drug-likeness (QED) is 0.464. The first-order chi connectivity index (χ1) is 9.49. The van der Waals surface area contributed by atoms with E-state index in [0.717, 1.165) is 11.1 Å². The first-order valence-corrected chi connectivity index (χ1v) is 6.86. The van der Waals surface area contributed by atoms with Crippen molar-refractivity contribution in [3.05, 3.63) is 74.8 Å². The molecule has 20 heavy (non-hydrogen) atoms. The lowest BCUT2D eigenvalue weighted by molar-refractivity contribution is -0.384. The Morgan fingerprint density at radius 2 is 1.65 bits per heavy atom. The van der Waals surface area contributed by atoms with Crippen molar-refractivity contribution in [3.8, 4) is 0 Å². The summed E-state index contributed by atoms with van der Waals surface area (Å²) in [5.41, 5.74) is 4.59. The highest BCUT2D eigenvalue weighted by Crippen LogP contribution is 2.30. The summed E-state index contributed by atoms with van der Waals surface area (Å²) in [4.78, 5) is 10.2. The highest BCUT2D eigenvalue weighted by Gasteiger charge is 2.14. The number of nitrogens with zero attached hydrogens (tertiary/aromatic N) is 1. The standard InChI is InChI=1S/C16H16ClNO2/c1-11-4-3-5-12(2)16(11)15(17)10-13-6-8-14(9-7-13)18(19)20/h3-9,15H,10H2,1-2H3. The molecule has 3 nitrogen and oxygen atoms in total. The molecule has 0 aliphatic rings. The summed E-state index contributed by atoms with van der Waals surface area (Å²) < 4.78 is 0. The van der Waals surface area contributed by atoms with Crippen molar-refractivity contribution in [1.82, 2.24) is 0 Å². The van der Waals surface area contributed by atoms with Crippen LogP contribution in [0, 0.1) is 24.0 Å². The predicted molar refractivity (Wildman–Crippen MR) is 81.3 cm³/mol. The molecule has 1 unspecified atom stereocenters. The Morgan fingerprint density at radius 1 is 1.10 bits per heavy atom. The van der Waals surface area contributed by atoms with Gasteiger partial charge in [0.15, 0.2) is 0 Å². The molecular formula is C16H16ClNO2. The SMILES string of the molecule is Cc1cccc(C)c1C(Cl)Cc1ccc([N+](=O)[O-])cc1. The second-order valence-electron chi connectivity index (χ2n) is 4.90. The zero-order valence-corrected chi connectivity index (χ0v) is 12.2. The lowest BCUT2D eigenvalue weighted by atomic mass is 9.96. The molecule has 104 valence electrons. The van der Waals surface area contributed by atoms with Crippen molar-refractivity contribution >= 4 is 17.3 Å². The van der Waals surface area contributed by atoms with Crippen LogP contribution < -0.4 is 0 Å². The maximum absolute atomic E-state index is 10.6. The molecule has 0 bridgehead atoms. The van der Waals surface area contributed by atoms with Crippen LogP contribution >= 0.6 is 11.6 Å². The Labute approximate surface area is 123 Å². The smallest absolute Gasteiger partial charge is 0.258 e. The van der Waals surface area contributed by atoms with Crippen LogP contribution in [0.4, 0.5) is 5.69 Å². The van der Waals surface area contributed by atoms with E-state index in [1.165, 1.54) is 23.3 Å². The second kappa shape index (κ2) is 6.06. The Bertz CT molecular complexity index is 603. The lowest BCUT2D eigenvalue weighted by Gasteiger charge is -2.15. The van der Waals surface area contributed by atoms with Crippen LogP contribution in [0.25, 0.3) is 0 Å². The number of nitro groups is 1. The van der Waals surface area contributed by atoms with Gasteiger partial charge in [0.05, 0.1) is 10.3 Å². The molecule has 2 aromatic carbocycles. The number of benzene rings is 2. The van der Waals surface area contributed by atoms with E-state index in [0.29, 0.717) is 6.42 Å². The van der Waals surface area contributed by atoms with Crippen LogP contribution in [0.5, 0.6) is 0 Å². The fraction of sp³-hybridized carbons (Fsp3) is 0.250. The minimum atomic E-state index is -0.395. The molecule has 0 saturated carbocycles. The van der Waals surface area contributed by atoms with Gasteiger partial charge in [0.2, 0.25) is 0 Å². The maximum Gasteiger partial charge on any atom is 0.269 e. The van der Waals surface area contributed by atoms with Gasteiger partial charge in [-0.1, -0.05) is 30.3 Å². The highest BCUT2D eigenvalue weighted by atomic mass is 35.5. The number of alkyl halides is 1. The molecule has 2 aromatic rings. The Hall–Kier alpha value is -1.87. The number of nitro benzene ring substituents is 1. The molecule has 0 aliphatic carbocycles. The Morgan fingerprint density at radius 3 is 2.15 bits per heavy atom. The first kappa shape index (κ1) is 14.5. The molecule has 4 heteroatoms. The molecule has 2 rings (SSSR count). The van der Waals surface area contributed by atoms with E-state index in [2.05, 4.69) is 0 Å². The van der Waals surface area contributed by atoms with E-state index in [4.69, 9.17) is 11.6 Å². The summed E-state index contributed by atoms with van der Waals surface area (Å²) in [5, 5.41) is 10.5. The van der Waals surface area contributed by atoms with Crippen LogP contribution in [0.3, 0.4) is 0 Å². The summed E-state index contributed by atoms with van der Waals surface area (Å²) >= 11 is 6.52. The molecule has 0 N–H and O–H groups in total. The van der Waals surface area contributed by atoms with E-state index in [-0.39, 0.29) is 11.1 Å². The number of hydrogen-bond acceptors (Lipinski definition) is 2. The number of aryl methyl sites for hydroxylation is 2. The summed E-state index contributed by atoms with van der Waals surface area (Å²) in [6.07, 6.45) is 0.658. The number of halogens is 1.